The topological polar surface area (TPSA) is 44.4 Å². The number of carbonyl (C=O) groups is 1. The normalized spacial score (nSPS) is 27.6. The van der Waals surface area contributed by atoms with Gasteiger partial charge in [0.05, 0.1) is 0 Å². The number of amides is 2. The predicted octanol–water partition coefficient (Wildman–Crippen LogP) is 0.542. The molecule has 4 heteroatoms. The van der Waals surface area contributed by atoms with Crippen LogP contribution >= 0.6 is 0 Å². The van der Waals surface area contributed by atoms with Crippen LogP contribution in [0.2, 0.25) is 0 Å². The van der Waals surface area contributed by atoms with E-state index in [0.717, 1.165) is 25.6 Å². The lowest BCUT2D eigenvalue weighted by molar-refractivity contribution is 0.236. The first-order valence-electron chi connectivity index (χ1n) is 5.58. The zero-order valence-corrected chi connectivity index (χ0v) is 8.75. The minimum Gasteiger partial charge on any atom is -0.338 e. The fourth-order valence-corrected chi connectivity index (χ4v) is 2.07. The molecule has 2 rings (SSSR count). The molecular formula is C10H19N3O. The van der Waals surface area contributed by atoms with Gasteiger partial charge in [-0.2, -0.15) is 0 Å². The number of hydrogen-bond donors (Lipinski definition) is 2. The molecular weight excluding hydrogens is 178 g/mol. The van der Waals surface area contributed by atoms with Crippen molar-refractivity contribution in [3.63, 3.8) is 0 Å². The van der Waals surface area contributed by atoms with Crippen molar-refractivity contribution in [2.75, 3.05) is 19.6 Å². The van der Waals surface area contributed by atoms with E-state index >= 15 is 0 Å². The van der Waals surface area contributed by atoms with E-state index in [2.05, 4.69) is 15.5 Å². The van der Waals surface area contributed by atoms with Crippen LogP contribution in [0.5, 0.6) is 0 Å². The average Bonchev–Trinajstić information content (AvgIpc) is 2.89. The molecule has 80 valence electrons. The van der Waals surface area contributed by atoms with Crippen molar-refractivity contribution < 1.29 is 4.79 Å². The third kappa shape index (κ3) is 2.38. The molecule has 0 radical (unpaired) electrons. The number of nitrogens with zero attached hydrogens (tertiary/aromatic N) is 1. The molecule has 2 fully saturated rings. The minimum atomic E-state index is -0.0184. The molecule has 1 heterocycles. The van der Waals surface area contributed by atoms with Crippen molar-refractivity contribution >= 4 is 6.03 Å². The van der Waals surface area contributed by atoms with E-state index in [1.165, 1.54) is 12.8 Å². The van der Waals surface area contributed by atoms with E-state index in [1.807, 2.05) is 6.92 Å². The molecule has 0 bridgehead atoms. The molecule has 2 N–H and O–H groups in total. The lowest BCUT2D eigenvalue weighted by atomic mass is 10.3. The van der Waals surface area contributed by atoms with E-state index in [0.29, 0.717) is 12.6 Å². The van der Waals surface area contributed by atoms with Crippen LogP contribution < -0.4 is 10.6 Å². The standard InChI is InChI=1S/C10H19N3O/c1-2-11-10(14)12-8-5-6-13(7-8)9-3-4-9/h8-9H,2-7H2,1H3,(H2,11,12,14). The van der Waals surface area contributed by atoms with Crippen LogP contribution in [0.4, 0.5) is 4.79 Å². The van der Waals surface area contributed by atoms with E-state index in [-0.39, 0.29) is 6.03 Å². The number of rotatable bonds is 3. The van der Waals surface area contributed by atoms with Gasteiger partial charge in [0, 0.05) is 31.7 Å². The number of carbonyl (C=O) groups excluding carboxylic acids is 1. The Labute approximate surface area is 85.0 Å². The van der Waals surface area contributed by atoms with Gasteiger partial charge in [0.25, 0.3) is 0 Å². The third-order valence-corrected chi connectivity index (χ3v) is 2.96. The van der Waals surface area contributed by atoms with Gasteiger partial charge >= 0.3 is 6.03 Å². The maximum Gasteiger partial charge on any atom is 0.315 e. The van der Waals surface area contributed by atoms with Crippen molar-refractivity contribution in [1.82, 2.24) is 15.5 Å². The molecule has 1 saturated carbocycles. The molecule has 2 aliphatic rings. The Kier molecular flexibility index (Phi) is 2.91. The molecule has 2 amide bonds. The fraction of sp³-hybridized carbons (Fsp3) is 0.900. The van der Waals surface area contributed by atoms with Crippen LogP contribution in [0.1, 0.15) is 26.2 Å². The second kappa shape index (κ2) is 4.17. The quantitative estimate of drug-likeness (QED) is 0.693. The smallest absolute Gasteiger partial charge is 0.315 e. The first-order valence-corrected chi connectivity index (χ1v) is 5.58. The summed E-state index contributed by atoms with van der Waals surface area (Å²) < 4.78 is 0. The van der Waals surface area contributed by atoms with Crippen LogP contribution in [0, 0.1) is 0 Å². The number of hydrogen-bond acceptors (Lipinski definition) is 2. The van der Waals surface area contributed by atoms with Crippen LogP contribution in [0.15, 0.2) is 0 Å². The van der Waals surface area contributed by atoms with Gasteiger partial charge in [-0.3, -0.25) is 4.90 Å². The Balaban J connectivity index is 1.69. The molecule has 1 atom stereocenters. The highest BCUT2D eigenvalue weighted by molar-refractivity contribution is 5.74. The van der Waals surface area contributed by atoms with E-state index in [9.17, 15) is 4.79 Å². The fourth-order valence-electron chi connectivity index (χ4n) is 2.07. The zero-order valence-electron chi connectivity index (χ0n) is 8.75. The van der Waals surface area contributed by atoms with E-state index in [4.69, 9.17) is 0 Å². The highest BCUT2D eigenvalue weighted by Crippen LogP contribution is 2.29. The molecule has 1 aliphatic heterocycles. The summed E-state index contributed by atoms with van der Waals surface area (Å²) in [6.07, 6.45) is 3.81. The maximum absolute atomic E-state index is 11.3. The van der Waals surface area contributed by atoms with Gasteiger partial charge in [-0.1, -0.05) is 0 Å². The second-order valence-corrected chi connectivity index (χ2v) is 4.22. The van der Waals surface area contributed by atoms with Gasteiger partial charge in [-0.05, 0) is 26.2 Å². The average molecular weight is 197 g/mol. The molecule has 4 nitrogen and oxygen atoms in total. The van der Waals surface area contributed by atoms with Crippen molar-refractivity contribution in [3.8, 4) is 0 Å². The van der Waals surface area contributed by atoms with Crippen LogP contribution in [-0.4, -0.2) is 42.6 Å². The Morgan fingerprint density at radius 1 is 1.43 bits per heavy atom. The summed E-state index contributed by atoms with van der Waals surface area (Å²) in [5, 5.41) is 5.76. The van der Waals surface area contributed by atoms with Crippen molar-refractivity contribution in [1.29, 1.82) is 0 Å². The Morgan fingerprint density at radius 3 is 2.86 bits per heavy atom. The summed E-state index contributed by atoms with van der Waals surface area (Å²) in [7, 11) is 0. The monoisotopic (exact) mass is 197 g/mol. The molecule has 0 aromatic rings. The van der Waals surface area contributed by atoms with Crippen LogP contribution in [0.3, 0.4) is 0 Å². The highest BCUT2D eigenvalue weighted by atomic mass is 16.2. The van der Waals surface area contributed by atoms with Gasteiger partial charge in [0.2, 0.25) is 0 Å². The molecule has 1 unspecified atom stereocenters. The number of likely N-dealkylation sites (tertiary alicyclic amines) is 1. The van der Waals surface area contributed by atoms with E-state index in [1.54, 1.807) is 0 Å². The summed E-state index contributed by atoms with van der Waals surface area (Å²) in [4.78, 5) is 13.7. The molecule has 1 aliphatic carbocycles. The molecule has 0 aromatic heterocycles. The SMILES string of the molecule is CCNC(=O)NC1CCN(C2CC2)C1. The highest BCUT2D eigenvalue weighted by Gasteiger charge is 2.34. The first kappa shape index (κ1) is 9.77. The summed E-state index contributed by atoms with van der Waals surface area (Å²) in [6.45, 7) is 4.83. The lowest BCUT2D eigenvalue weighted by Crippen LogP contribution is -2.43. The van der Waals surface area contributed by atoms with Crippen LogP contribution in [-0.2, 0) is 0 Å². The van der Waals surface area contributed by atoms with Crippen LogP contribution in [0.25, 0.3) is 0 Å². The lowest BCUT2D eigenvalue weighted by Gasteiger charge is -2.15. The largest absolute Gasteiger partial charge is 0.338 e. The van der Waals surface area contributed by atoms with Gasteiger partial charge < -0.3 is 10.6 Å². The summed E-state index contributed by atoms with van der Waals surface area (Å²) in [6, 6.07) is 1.17. The van der Waals surface area contributed by atoms with Gasteiger partial charge in [0.15, 0.2) is 0 Å². The van der Waals surface area contributed by atoms with Gasteiger partial charge in [0.1, 0.15) is 0 Å². The molecule has 14 heavy (non-hydrogen) atoms. The van der Waals surface area contributed by atoms with E-state index < -0.39 is 0 Å². The Morgan fingerprint density at radius 2 is 2.21 bits per heavy atom. The first-order chi connectivity index (χ1) is 6.79. The third-order valence-electron chi connectivity index (χ3n) is 2.96. The van der Waals surface area contributed by atoms with Crippen molar-refractivity contribution in [2.24, 2.45) is 0 Å². The van der Waals surface area contributed by atoms with Gasteiger partial charge in [-0.15, -0.1) is 0 Å². The minimum absolute atomic E-state index is 0.0184. The van der Waals surface area contributed by atoms with Gasteiger partial charge in [-0.25, -0.2) is 4.79 Å². The van der Waals surface area contributed by atoms with Crippen molar-refractivity contribution in [3.05, 3.63) is 0 Å². The molecule has 1 saturated heterocycles. The number of nitrogens with one attached hydrogen (secondary N) is 2. The maximum atomic E-state index is 11.3. The summed E-state index contributed by atoms with van der Waals surface area (Å²) in [5.41, 5.74) is 0. The predicted molar refractivity (Wildman–Crippen MR) is 55.2 cm³/mol. The molecule has 0 spiro atoms. The van der Waals surface area contributed by atoms with Crippen molar-refractivity contribution in [2.45, 2.75) is 38.3 Å². The Hall–Kier alpha value is -0.770. The summed E-state index contributed by atoms with van der Waals surface area (Å²) in [5.74, 6) is 0. The zero-order chi connectivity index (χ0) is 9.97. The summed E-state index contributed by atoms with van der Waals surface area (Å²) >= 11 is 0. The number of urea groups is 1. The second-order valence-electron chi connectivity index (χ2n) is 4.22. The Bertz CT molecular complexity index is 215. The molecule has 0 aromatic carbocycles.